The van der Waals surface area contributed by atoms with E-state index < -0.39 is 0 Å². The molecule has 0 bridgehead atoms. The molecular weight excluding hydrogens is 332 g/mol. The second-order valence-electron chi connectivity index (χ2n) is 6.77. The van der Waals surface area contributed by atoms with Gasteiger partial charge in [0.15, 0.2) is 0 Å². The van der Waals surface area contributed by atoms with Gasteiger partial charge in [-0.25, -0.2) is 4.68 Å². The van der Waals surface area contributed by atoms with Gasteiger partial charge in [-0.3, -0.25) is 4.90 Å². The van der Waals surface area contributed by atoms with Crippen LogP contribution in [0.4, 0.5) is 0 Å². The van der Waals surface area contributed by atoms with E-state index in [1.807, 2.05) is 41.9 Å². The lowest BCUT2D eigenvalue weighted by Crippen LogP contribution is -2.24. The van der Waals surface area contributed by atoms with Crippen LogP contribution in [-0.2, 0) is 13.6 Å². The molecule has 1 aliphatic heterocycles. The van der Waals surface area contributed by atoms with E-state index in [9.17, 15) is 0 Å². The van der Waals surface area contributed by atoms with Crippen LogP contribution in [0.15, 0.2) is 48.7 Å². The Hall–Kier alpha value is -2.04. The second-order valence-corrected chi connectivity index (χ2v) is 7.13. The fourth-order valence-corrected chi connectivity index (χ4v) is 4.16. The summed E-state index contributed by atoms with van der Waals surface area (Å²) in [5.41, 5.74) is 4.52. The Morgan fingerprint density at radius 2 is 1.96 bits per heavy atom. The summed E-state index contributed by atoms with van der Waals surface area (Å²) >= 11 is 6.72. The third-order valence-corrected chi connectivity index (χ3v) is 5.56. The highest BCUT2D eigenvalue weighted by Gasteiger charge is 2.29. The van der Waals surface area contributed by atoms with E-state index in [1.54, 1.807) is 0 Å². The van der Waals surface area contributed by atoms with E-state index in [0.29, 0.717) is 6.04 Å². The van der Waals surface area contributed by atoms with Crippen molar-refractivity contribution < 1.29 is 0 Å². The SMILES string of the molecule is Cc1nn(-c2ccccc2)c(Cl)c1CN1CCCC1c1cccn1C. The van der Waals surface area contributed by atoms with Crippen LogP contribution < -0.4 is 0 Å². The number of aryl methyl sites for hydroxylation is 2. The Balaban J connectivity index is 1.63. The van der Waals surface area contributed by atoms with Gasteiger partial charge in [0.2, 0.25) is 0 Å². The molecular formula is C20H23ClN4. The fraction of sp³-hybridized carbons (Fsp3) is 0.350. The van der Waals surface area contributed by atoms with E-state index in [0.717, 1.165) is 35.2 Å². The summed E-state index contributed by atoms with van der Waals surface area (Å²) < 4.78 is 4.07. The minimum atomic E-state index is 0.454. The molecule has 2 aromatic heterocycles. The van der Waals surface area contributed by atoms with Gasteiger partial charge in [-0.2, -0.15) is 5.10 Å². The van der Waals surface area contributed by atoms with Crippen molar-refractivity contribution >= 4 is 11.6 Å². The number of para-hydroxylation sites is 1. The van der Waals surface area contributed by atoms with Gasteiger partial charge in [0.05, 0.1) is 17.4 Å². The van der Waals surface area contributed by atoms with Gasteiger partial charge in [-0.15, -0.1) is 0 Å². The van der Waals surface area contributed by atoms with Crippen molar-refractivity contribution in [2.24, 2.45) is 7.05 Å². The van der Waals surface area contributed by atoms with E-state index in [-0.39, 0.29) is 0 Å². The van der Waals surface area contributed by atoms with Gasteiger partial charge in [0, 0.05) is 31.0 Å². The van der Waals surface area contributed by atoms with Gasteiger partial charge in [0.25, 0.3) is 0 Å². The summed E-state index contributed by atoms with van der Waals surface area (Å²) in [7, 11) is 2.12. The molecule has 3 heterocycles. The number of nitrogens with zero attached hydrogens (tertiary/aromatic N) is 4. The minimum absolute atomic E-state index is 0.454. The zero-order chi connectivity index (χ0) is 17.4. The highest BCUT2D eigenvalue weighted by atomic mass is 35.5. The summed E-state index contributed by atoms with van der Waals surface area (Å²) in [6, 6.07) is 14.9. The number of hydrogen-bond acceptors (Lipinski definition) is 2. The maximum atomic E-state index is 6.72. The van der Waals surface area contributed by atoms with Crippen molar-refractivity contribution in [2.75, 3.05) is 6.54 Å². The fourth-order valence-electron chi connectivity index (χ4n) is 3.83. The quantitative estimate of drug-likeness (QED) is 0.689. The largest absolute Gasteiger partial charge is 0.353 e. The van der Waals surface area contributed by atoms with Crippen LogP contribution in [0.2, 0.25) is 5.15 Å². The van der Waals surface area contributed by atoms with Gasteiger partial charge < -0.3 is 4.57 Å². The number of halogens is 1. The molecule has 0 radical (unpaired) electrons. The highest BCUT2D eigenvalue weighted by molar-refractivity contribution is 6.30. The number of rotatable bonds is 4. The molecule has 4 rings (SSSR count). The van der Waals surface area contributed by atoms with Crippen LogP contribution in [0.1, 0.15) is 35.8 Å². The van der Waals surface area contributed by atoms with Crippen LogP contribution in [0.25, 0.3) is 5.69 Å². The molecule has 0 saturated carbocycles. The van der Waals surface area contributed by atoms with Crippen molar-refractivity contribution in [3.63, 3.8) is 0 Å². The normalized spacial score (nSPS) is 18.1. The molecule has 5 heteroatoms. The first-order valence-electron chi connectivity index (χ1n) is 8.80. The Morgan fingerprint density at radius 1 is 1.16 bits per heavy atom. The Bertz CT molecular complexity index is 865. The molecule has 0 amide bonds. The Kier molecular flexibility index (Phi) is 4.40. The number of hydrogen-bond donors (Lipinski definition) is 0. The molecule has 1 atom stereocenters. The average Bonchev–Trinajstić information content (AvgIpc) is 3.31. The van der Waals surface area contributed by atoms with Crippen LogP contribution in [-0.4, -0.2) is 25.8 Å². The lowest BCUT2D eigenvalue weighted by atomic mass is 10.1. The first-order chi connectivity index (χ1) is 12.1. The van der Waals surface area contributed by atoms with Crippen molar-refractivity contribution in [1.29, 1.82) is 0 Å². The molecule has 1 fully saturated rings. The predicted octanol–water partition coefficient (Wildman–Crippen LogP) is 4.51. The van der Waals surface area contributed by atoms with Gasteiger partial charge in [-0.05, 0) is 50.6 Å². The van der Waals surface area contributed by atoms with Crippen LogP contribution in [0.3, 0.4) is 0 Å². The molecule has 130 valence electrons. The molecule has 1 aromatic carbocycles. The third-order valence-electron chi connectivity index (χ3n) is 5.17. The average molecular weight is 355 g/mol. The summed E-state index contributed by atoms with van der Waals surface area (Å²) in [6.07, 6.45) is 4.54. The molecule has 4 nitrogen and oxygen atoms in total. The lowest BCUT2D eigenvalue weighted by molar-refractivity contribution is 0.240. The number of aromatic nitrogens is 3. The monoisotopic (exact) mass is 354 g/mol. The van der Waals surface area contributed by atoms with Crippen molar-refractivity contribution in [3.8, 4) is 5.69 Å². The first kappa shape index (κ1) is 16.4. The third kappa shape index (κ3) is 3.00. The van der Waals surface area contributed by atoms with Crippen molar-refractivity contribution in [2.45, 2.75) is 32.4 Å². The topological polar surface area (TPSA) is 26.0 Å². The molecule has 0 aliphatic carbocycles. The molecule has 1 saturated heterocycles. The van der Waals surface area contributed by atoms with E-state index in [4.69, 9.17) is 11.6 Å². The smallest absolute Gasteiger partial charge is 0.137 e. The zero-order valence-corrected chi connectivity index (χ0v) is 15.4. The van der Waals surface area contributed by atoms with Crippen LogP contribution in [0.5, 0.6) is 0 Å². The minimum Gasteiger partial charge on any atom is -0.353 e. The molecule has 25 heavy (non-hydrogen) atoms. The van der Waals surface area contributed by atoms with Crippen LogP contribution in [0, 0.1) is 6.92 Å². The predicted molar refractivity (Wildman–Crippen MR) is 101 cm³/mol. The second kappa shape index (κ2) is 6.70. The lowest BCUT2D eigenvalue weighted by Gasteiger charge is -2.25. The number of likely N-dealkylation sites (tertiary alicyclic amines) is 1. The maximum Gasteiger partial charge on any atom is 0.137 e. The van der Waals surface area contributed by atoms with E-state index in [2.05, 4.69) is 39.9 Å². The summed E-state index contributed by atoms with van der Waals surface area (Å²) in [5, 5.41) is 5.40. The zero-order valence-electron chi connectivity index (χ0n) is 14.7. The first-order valence-corrected chi connectivity index (χ1v) is 9.17. The molecule has 1 unspecified atom stereocenters. The van der Waals surface area contributed by atoms with E-state index in [1.165, 1.54) is 18.5 Å². The van der Waals surface area contributed by atoms with Gasteiger partial charge in [-0.1, -0.05) is 29.8 Å². The molecule has 3 aromatic rings. The van der Waals surface area contributed by atoms with Crippen molar-refractivity contribution in [1.82, 2.24) is 19.2 Å². The van der Waals surface area contributed by atoms with Gasteiger partial charge >= 0.3 is 0 Å². The molecule has 0 N–H and O–H groups in total. The summed E-state index contributed by atoms with van der Waals surface area (Å²) in [6.45, 7) is 3.99. The summed E-state index contributed by atoms with van der Waals surface area (Å²) in [4.78, 5) is 2.53. The summed E-state index contributed by atoms with van der Waals surface area (Å²) in [5.74, 6) is 0. The number of benzene rings is 1. The van der Waals surface area contributed by atoms with Crippen LogP contribution >= 0.6 is 11.6 Å². The maximum absolute atomic E-state index is 6.72. The highest BCUT2D eigenvalue weighted by Crippen LogP contribution is 2.35. The molecule has 0 spiro atoms. The van der Waals surface area contributed by atoms with Crippen molar-refractivity contribution in [3.05, 3.63) is 70.8 Å². The van der Waals surface area contributed by atoms with E-state index >= 15 is 0 Å². The Labute approximate surface area is 153 Å². The Morgan fingerprint density at radius 3 is 2.68 bits per heavy atom. The van der Waals surface area contributed by atoms with Gasteiger partial charge in [0.1, 0.15) is 5.15 Å². The standard InChI is InChI=1S/C20H23ClN4/c1-15-17(20(21)25(22-15)16-8-4-3-5-9-16)14-24-13-7-11-19(24)18-10-6-12-23(18)2/h3-6,8-10,12,19H,7,11,13-14H2,1-2H3. The molecule has 1 aliphatic rings.